The number of nitrogens with one attached hydrogen (secondary N) is 2. The molecule has 31 heavy (non-hydrogen) atoms. The molecule has 1 aliphatic heterocycles. The van der Waals surface area contributed by atoms with Gasteiger partial charge in [0.2, 0.25) is 5.91 Å². The van der Waals surface area contributed by atoms with Crippen LogP contribution in [0.3, 0.4) is 0 Å². The summed E-state index contributed by atoms with van der Waals surface area (Å²) in [5.74, 6) is 1.42. The predicted octanol–water partition coefficient (Wildman–Crippen LogP) is 3.06. The Hall–Kier alpha value is -1.26. The third-order valence-corrected chi connectivity index (χ3v) is 5.73. The van der Waals surface area contributed by atoms with Gasteiger partial charge in [-0.2, -0.15) is 0 Å². The predicted molar refractivity (Wildman–Crippen MR) is 135 cm³/mol. The molecule has 1 saturated heterocycles. The average Bonchev–Trinajstić information content (AvgIpc) is 3.49. The van der Waals surface area contributed by atoms with Crippen LogP contribution >= 0.6 is 24.0 Å². The van der Waals surface area contributed by atoms with E-state index in [1.807, 2.05) is 39.5 Å². The molecule has 0 atom stereocenters. The van der Waals surface area contributed by atoms with Crippen molar-refractivity contribution in [2.75, 3.05) is 40.3 Å². The van der Waals surface area contributed by atoms with Gasteiger partial charge in [0.25, 0.3) is 0 Å². The summed E-state index contributed by atoms with van der Waals surface area (Å²) < 4.78 is 5.69. The van der Waals surface area contributed by atoms with E-state index in [9.17, 15) is 9.59 Å². The molecule has 2 N–H and O–H groups in total. The van der Waals surface area contributed by atoms with E-state index >= 15 is 0 Å². The third-order valence-electron chi connectivity index (χ3n) is 5.73. The van der Waals surface area contributed by atoms with E-state index in [1.54, 1.807) is 14.1 Å². The highest BCUT2D eigenvalue weighted by molar-refractivity contribution is 14.0. The highest BCUT2D eigenvalue weighted by Crippen LogP contribution is 2.32. The lowest BCUT2D eigenvalue weighted by molar-refractivity contribution is -0.128. The van der Waals surface area contributed by atoms with Crippen molar-refractivity contribution in [1.82, 2.24) is 20.4 Å². The Bertz CT molecular complexity index is 636. The number of hydrogen-bond acceptors (Lipinski definition) is 4. The van der Waals surface area contributed by atoms with Crippen molar-refractivity contribution in [2.24, 2.45) is 16.3 Å². The Balaban J connectivity index is 0.00000480. The molecule has 1 saturated carbocycles. The first-order valence-corrected chi connectivity index (χ1v) is 11.1. The Labute approximate surface area is 204 Å². The molecule has 180 valence electrons. The first-order valence-electron chi connectivity index (χ1n) is 11.1. The van der Waals surface area contributed by atoms with Gasteiger partial charge in [0, 0.05) is 46.3 Å². The second-order valence-electron chi connectivity index (χ2n) is 10.2. The van der Waals surface area contributed by atoms with E-state index in [0.717, 1.165) is 38.4 Å². The van der Waals surface area contributed by atoms with E-state index in [1.165, 1.54) is 12.8 Å². The highest BCUT2D eigenvalue weighted by atomic mass is 127. The molecule has 8 nitrogen and oxygen atoms in total. The summed E-state index contributed by atoms with van der Waals surface area (Å²) in [5.41, 5.74) is -1.01. The van der Waals surface area contributed by atoms with E-state index in [4.69, 9.17) is 4.74 Å². The van der Waals surface area contributed by atoms with Gasteiger partial charge >= 0.3 is 6.09 Å². The number of carbonyl (C=O) groups is 2. The number of hydrogen-bond donors (Lipinski definition) is 2. The molecule has 0 spiro atoms. The fourth-order valence-electron chi connectivity index (χ4n) is 3.71. The van der Waals surface area contributed by atoms with Crippen molar-refractivity contribution in [1.29, 1.82) is 0 Å². The quantitative estimate of drug-likeness (QED) is 0.301. The Morgan fingerprint density at radius 2 is 1.68 bits per heavy atom. The summed E-state index contributed by atoms with van der Waals surface area (Å²) in [4.78, 5) is 33.4. The molecular formula is C22H42IN5O3. The summed E-state index contributed by atoms with van der Waals surface area (Å²) in [7, 11) is 3.42. The van der Waals surface area contributed by atoms with Gasteiger partial charge in [-0.25, -0.2) is 4.79 Å². The molecule has 0 aromatic carbocycles. The van der Waals surface area contributed by atoms with Gasteiger partial charge in [-0.15, -0.1) is 24.0 Å². The van der Waals surface area contributed by atoms with Crippen LogP contribution in [0.1, 0.15) is 60.3 Å². The molecule has 2 amide bonds. The van der Waals surface area contributed by atoms with Gasteiger partial charge in [-0.05, 0) is 66.2 Å². The number of likely N-dealkylation sites (tertiary alicyclic amines) is 1. The second-order valence-corrected chi connectivity index (χ2v) is 10.2. The number of carbonyl (C=O) groups excluding carboxylic acids is 2. The maximum Gasteiger partial charge on any atom is 0.410 e. The van der Waals surface area contributed by atoms with Crippen LogP contribution in [0.4, 0.5) is 4.79 Å². The monoisotopic (exact) mass is 551 g/mol. The summed E-state index contributed by atoms with van der Waals surface area (Å²) in [5, 5.41) is 6.05. The molecule has 0 radical (unpaired) electrons. The van der Waals surface area contributed by atoms with Crippen molar-refractivity contribution < 1.29 is 14.3 Å². The van der Waals surface area contributed by atoms with E-state index in [-0.39, 0.29) is 42.0 Å². The van der Waals surface area contributed by atoms with E-state index in [0.29, 0.717) is 12.5 Å². The van der Waals surface area contributed by atoms with Crippen LogP contribution in [0, 0.1) is 11.3 Å². The number of halogens is 1. The number of nitrogens with zero attached hydrogens (tertiary/aromatic N) is 3. The Morgan fingerprint density at radius 1 is 1.10 bits per heavy atom. The van der Waals surface area contributed by atoms with Crippen LogP contribution in [0.25, 0.3) is 0 Å². The fraction of sp³-hybridized carbons (Fsp3) is 0.864. The fourth-order valence-corrected chi connectivity index (χ4v) is 3.71. The number of rotatable bonds is 6. The molecule has 0 aromatic heterocycles. The molecule has 2 fully saturated rings. The first-order chi connectivity index (χ1) is 14.0. The van der Waals surface area contributed by atoms with Gasteiger partial charge in [-0.3, -0.25) is 9.79 Å². The molecule has 2 rings (SSSR count). The molecule has 0 bridgehead atoms. The highest BCUT2D eigenvalue weighted by Gasteiger charge is 2.36. The summed E-state index contributed by atoms with van der Waals surface area (Å²) in [6.45, 7) is 12.5. The molecule has 2 aliphatic rings. The van der Waals surface area contributed by atoms with Crippen LogP contribution < -0.4 is 10.6 Å². The number of piperidine rings is 1. The van der Waals surface area contributed by atoms with Gasteiger partial charge in [0.1, 0.15) is 5.60 Å². The van der Waals surface area contributed by atoms with Gasteiger partial charge in [-0.1, -0.05) is 0 Å². The number of amides is 2. The SMILES string of the molecule is CN=C(NCC(C)(C)C(=O)NC)N1CCC(N(CC2CC2)C(=O)OC(C)(C)C)CC1.I. The molecule has 9 heteroatoms. The van der Waals surface area contributed by atoms with E-state index < -0.39 is 11.0 Å². The van der Waals surface area contributed by atoms with Crippen molar-refractivity contribution >= 4 is 41.9 Å². The largest absolute Gasteiger partial charge is 0.444 e. The molecule has 0 unspecified atom stereocenters. The average molecular weight is 552 g/mol. The van der Waals surface area contributed by atoms with Crippen LogP contribution in [0.5, 0.6) is 0 Å². The zero-order valence-corrected chi connectivity index (χ0v) is 22.6. The molecule has 1 heterocycles. The Kier molecular flexibility index (Phi) is 10.4. The van der Waals surface area contributed by atoms with Crippen molar-refractivity contribution in [3.8, 4) is 0 Å². The summed E-state index contributed by atoms with van der Waals surface area (Å²) in [6, 6.07) is 0.192. The normalized spacial score (nSPS) is 18.2. The Morgan fingerprint density at radius 3 is 2.13 bits per heavy atom. The van der Waals surface area contributed by atoms with Crippen molar-refractivity contribution in [3.63, 3.8) is 0 Å². The zero-order valence-electron chi connectivity index (χ0n) is 20.3. The zero-order chi connectivity index (χ0) is 22.5. The molecule has 0 aromatic rings. The lowest BCUT2D eigenvalue weighted by Crippen LogP contribution is -2.54. The van der Waals surface area contributed by atoms with Crippen LogP contribution in [0.2, 0.25) is 0 Å². The second kappa shape index (κ2) is 11.6. The standard InChI is InChI=1S/C22H41N5O3.HI/c1-21(2,3)30-20(29)27(14-16-8-9-16)17-10-12-26(13-11-17)19(24-7)25-15-22(4,5)18(28)23-6;/h16-17H,8-15H2,1-7H3,(H,23,28)(H,24,25);1H. The first kappa shape index (κ1) is 27.8. The third kappa shape index (κ3) is 8.65. The molecule has 1 aliphatic carbocycles. The summed E-state index contributed by atoms with van der Waals surface area (Å²) in [6.07, 6.45) is 3.98. The minimum Gasteiger partial charge on any atom is -0.444 e. The number of ether oxygens (including phenoxy) is 1. The molecular weight excluding hydrogens is 509 g/mol. The van der Waals surface area contributed by atoms with Gasteiger partial charge in [0.15, 0.2) is 5.96 Å². The van der Waals surface area contributed by atoms with E-state index in [2.05, 4.69) is 20.5 Å². The number of guanidine groups is 1. The topological polar surface area (TPSA) is 86.3 Å². The van der Waals surface area contributed by atoms with Gasteiger partial charge < -0.3 is 25.2 Å². The number of aliphatic imine (C=N–C) groups is 1. The van der Waals surface area contributed by atoms with Crippen molar-refractivity contribution in [2.45, 2.75) is 71.9 Å². The lowest BCUT2D eigenvalue weighted by atomic mass is 9.92. The van der Waals surface area contributed by atoms with Crippen LogP contribution in [-0.4, -0.2) is 79.7 Å². The minimum atomic E-state index is -0.527. The minimum absolute atomic E-state index is 0. The van der Waals surface area contributed by atoms with Crippen LogP contribution in [0.15, 0.2) is 4.99 Å². The van der Waals surface area contributed by atoms with Gasteiger partial charge in [0.05, 0.1) is 5.41 Å². The maximum atomic E-state index is 12.8. The van der Waals surface area contributed by atoms with Crippen LogP contribution in [-0.2, 0) is 9.53 Å². The maximum absolute atomic E-state index is 12.8. The van der Waals surface area contributed by atoms with Crippen molar-refractivity contribution in [3.05, 3.63) is 0 Å². The lowest BCUT2D eigenvalue weighted by Gasteiger charge is -2.40. The summed E-state index contributed by atoms with van der Waals surface area (Å²) >= 11 is 0. The smallest absolute Gasteiger partial charge is 0.410 e.